The number of carbonyl (C=O) groups excluding carboxylic acids is 3. The van der Waals surface area contributed by atoms with Crippen molar-refractivity contribution in [1.29, 1.82) is 0 Å². The highest BCUT2D eigenvalue weighted by Gasteiger charge is 2.43. The van der Waals surface area contributed by atoms with Crippen LogP contribution in [-0.2, 0) is 20.9 Å². The molecule has 0 spiro atoms. The molecular formula is C26H26BrN7O4. The van der Waals surface area contributed by atoms with Gasteiger partial charge in [0.2, 0.25) is 11.8 Å². The lowest BCUT2D eigenvalue weighted by molar-refractivity contribution is -0.139. The Kier molecular flexibility index (Phi) is 6.74. The number of pyridine rings is 1. The lowest BCUT2D eigenvalue weighted by Gasteiger charge is -2.29. The van der Waals surface area contributed by atoms with E-state index < -0.39 is 12.0 Å². The summed E-state index contributed by atoms with van der Waals surface area (Å²) in [7, 11) is 1.31. The molecule has 11 nitrogen and oxygen atoms in total. The van der Waals surface area contributed by atoms with E-state index in [-0.39, 0.29) is 36.1 Å². The minimum absolute atomic E-state index is 0.0794. The molecule has 0 radical (unpaired) electrons. The summed E-state index contributed by atoms with van der Waals surface area (Å²) in [6.07, 6.45) is 1.86. The maximum absolute atomic E-state index is 13.8. The molecule has 1 aliphatic heterocycles. The fourth-order valence-electron chi connectivity index (χ4n) is 5.10. The lowest BCUT2D eigenvalue weighted by Crippen LogP contribution is -2.47. The number of nitrogens with two attached hydrogens (primary N) is 1. The van der Waals surface area contributed by atoms with Crippen molar-refractivity contribution in [3.8, 4) is 0 Å². The van der Waals surface area contributed by atoms with Gasteiger partial charge in [-0.15, -0.1) is 0 Å². The zero-order valence-electron chi connectivity index (χ0n) is 21.0. The molecule has 196 valence electrons. The second kappa shape index (κ2) is 10.0. The van der Waals surface area contributed by atoms with Crippen LogP contribution in [0.3, 0.4) is 0 Å². The molecule has 0 aliphatic carbocycles. The van der Waals surface area contributed by atoms with Crippen LogP contribution in [0.25, 0.3) is 21.9 Å². The van der Waals surface area contributed by atoms with Gasteiger partial charge in [-0.3, -0.25) is 9.59 Å². The van der Waals surface area contributed by atoms with E-state index in [1.54, 1.807) is 45.9 Å². The largest absolute Gasteiger partial charge is 0.465 e. The molecule has 1 aromatic carbocycles. The molecule has 12 heteroatoms. The summed E-state index contributed by atoms with van der Waals surface area (Å²) in [5.74, 6) is -0.277. The van der Waals surface area contributed by atoms with Crippen molar-refractivity contribution in [2.45, 2.75) is 38.9 Å². The molecular weight excluding hydrogens is 554 g/mol. The van der Waals surface area contributed by atoms with Crippen molar-refractivity contribution in [2.24, 2.45) is 5.92 Å². The van der Waals surface area contributed by atoms with Gasteiger partial charge in [0.25, 0.3) is 0 Å². The predicted molar refractivity (Wildman–Crippen MR) is 145 cm³/mol. The normalized spacial score (nSPS) is 19.2. The Morgan fingerprint density at radius 2 is 1.97 bits per heavy atom. The molecule has 5 rings (SSSR count). The first-order valence-corrected chi connectivity index (χ1v) is 12.8. The van der Waals surface area contributed by atoms with Crippen LogP contribution in [0, 0.1) is 5.92 Å². The van der Waals surface area contributed by atoms with Crippen LogP contribution in [0.2, 0.25) is 0 Å². The second-order valence-electron chi connectivity index (χ2n) is 9.37. The standard InChI is InChI=1S/C26H26BrN7O4/c1-13-9-18(25(36)32-20-6-4-5-19(27)31-20)34(14(13)2)21(35)11-33-17-8-7-15(26(37)38-3)10-16(17)22-23(28)29-12-30-24(22)33/h4-8,10,12-14,18H,9,11H2,1-3H3,(H2,28,29,30)(H,31,32,36)/t13-,14+,18-/m0/s1. The summed E-state index contributed by atoms with van der Waals surface area (Å²) in [6.45, 7) is 3.89. The number of nitrogens with one attached hydrogen (secondary N) is 1. The summed E-state index contributed by atoms with van der Waals surface area (Å²) in [5, 5.41) is 4.01. The molecule has 1 fully saturated rings. The summed E-state index contributed by atoms with van der Waals surface area (Å²) in [5.41, 5.74) is 7.66. The van der Waals surface area contributed by atoms with Crippen LogP contribution >= 0.6 is 15.9 Å². The minimum atomic E-state index is -0.660. The molecule has 1 aliphatic rings. The fraction of sp³-hybridized carbons (Fsp3) is 0.308. The number of nitrogen functional groups attached to an aromatic ring is 1. The van der Waals surface area contributed by atoms with Crippen LogP contribution in [0.4, 0.5) is 11.6 Å². The molecule has 0 saturated carbocycles. The fourth-order valence-corrected chi connectivity index (χ4v) is 5.45. The van der Waals surface area contributed by atoms with Crippen molar-refractivity contribution in [3.05, 3.63) is 52.9 Å². The molecule has 0 bridgehead atoms. The van der Waals surface area contributed by atoms with Crippen molar-refractivity contribution in [1.82, 2.24) is 24.4 Å². The average molecular weight is 580 g/mol. The zero-order chi connectivity index (χ0) is 27.1. The van der Waals surface area contributed by atoms with E-state index in [2.05, 4.69) is 36.2 Å². The van der Waals surface area contributed by atoms with Crippen LogP contribution in [0.1, 0.15) is 30.6 Å². The van der Waals surface area contributed by atoms with Crippen molar-refractivity contribution in [2.75, 3.05) is 18.2 Å². The molecule has 2 amide bonds. The number of aromatic nitrogens is 4. The van der Waals surface area contributed by atoms with Crippen LogP contribution in [0.5, 0.6) is 0 Å². The number of benzene rings is 1. The van der Waals surface area contributed by atoms with Crippen molar-refractivity contribution >= 4 is 67.3 Å². The number of fused-ring (bicyclic) bond motifs is 3. The van der Waals surface area contributed by atoms with Gasteiger partial charge in [-0.2, -0.15) is 0 Å². The quantitative estimate of drug-likeness (QED) is 0.270. The van der Waals surface area contributed by atoms with E-state index in [0.717, 1.165) is 0 Å². The molecule has 0 unspecified atom stereocenters. The number of hydrogen-bond acceptors (Lipinski definition) is 8. The van der Waals surface area contributed by atoms with Crippen molar-refractivity contribution in [3.63, 3.8) is 0 Å². The molecule has 38 heavy (non-hydrogen) atoms. The van der Waals surface area contributed by atoms with E-state index in [9.17, 15) is 14.4 Å². The predicted octanol–water partition coefficient (Wildman–Crippen LogP) is 3.38. The Morgan fingerprint density at radius 1 is 1.18 bits per heavy atom. The smallest absolute Gasteiger partial charge is 0.337 e. The summed E-state index contributed by atoms with van der Waals surface area (Å²) >= 11 is 3.31. The Labute approximate surface area is 226 Å². The number of likely N-dealkylation sites (tertiary alicyclic amines) is 1. The minimum Gasteiger partial charge on any atom is -0.465 e. The lowest BCUT2D eigenvalue weighted by atomic mass is 10.0. The molecule has 4 heterocycles. The second-order valence-corrected chi connectivity index (χ2v) is 10.2. The number of rotatable bonds is 5. The van der Waals surface area contributed by atoms with E-state index in [0.29, 0.717) is 44.3 Å². The van der Waals surface area contributed by atoms with Gasteiger partial charge in [0.15, 0.2) is 0 Å². The number of nitrogens with zero attached hydrogens (tertiary/aromatic N) is 5. The summed E-state index contributed by atoms with van der Waals surface area (Å²) < 4.78 is 7.20. The monoisotopic (exact) mass is 579 g/mol. The third-order valence-corrected chi connectivity index (χ3v) is 7.58. The Morgan fingerprint density at radius 3 is 2.71 bits per heavy atom. The average Bonchev–Trinajstić information content (AvgIpc) is 3.37. The number of methoxy groups -OCH3 is 1. The molecule has 3 atom stereocenters. The Hall–Kier alpha value is -4.06. The van der Waals surface area contributed by atoms with Gasteiger partial charge >= 0.3 is 5.97 Å². The van der Waals surface area contributed by atoms with Gasteiger partial charge < -0.3 is 25.3 Å². The SMILES string of the molecule is COC(=O)c1ccc2c(c1)c1c(N)ncnc1n2CC(=O)N1[C@H](C)[C@@H](C)C[C@H]1C(=O)Nc1cccc(Br)n1. The number of carbonyl (C=O) groups is 3. The third kappa shape index (κ3) is 4.44. The van der Waals surface area contributed by atoms with Gasteiger partial charge in [-0.05, 0) is 65.5 Å². The van der Waals surface area contributed by atoms with Crippen LogP contribution in [-0.4, -0.2) is 61.4 Å². The van der Waals surface area contributed by atoms with Gasteiger partial charge in [0, 0.05) is 11.4 Å². The third-order valence-electron chi connectivity index (χ3n) is 7.13. The maximum atomic E-state index is 13.8. The van der Waals surface area contributed by atoms with Gasteiger partial charge in [0.1, 0.15) is 40.8 Å². The molecule has 1 saturated heterocycles. The maximum Gasteiger partial charge on any atom is 0.337 e. The first kappa shape index (κ1) is 25.6. The first-order valence-electron chi connectivity index (χ1n) is 12.0. The first-order chi connectivity index (χ1) is 18.2. The van der Waals surface area contributed by atoms with Crippen LogP contribution in [0.15, 0.2) is 47.3 Å². The highest BCUT2D eigenvalue weighted by molar-refractivity contribution is 9.10. The van der Waals surface area contributed by atoms with E-state index in [4.69, 9.17) is 10.5 Å². The Balaban J connectivity index is 1.51. The number of anilines is 2. The van der Waals surface area contributed by atoms with Gasteiger partial charge in [-0.1, -0.05) is 13.0 Å². The molecule has 3 aromatic heterocycles. The molecule has 3 N–H and O–H groups in total. The van der Waals surface area contributed by atoms with E-state index >= 15 is 0 Å². The van der Waals surface area contributed by atoms with Gasteiger partial charge in [0.05, 0.1) is 23.6 Å². The van der Waals surface area contributed by atoms with Crippen molar-refractivity contribution < 1.29 is 19.1 Å². The summed E-state index contributed by atoms with van der Waals surface area (Å²) in [6, 6.07) is 9.43. The Bertz CT molecular complexity index is 1590. The number of halogens is 1. The van der Waals surface area contributed by atoms with Gasteiger partial charge in [-0.25, -0.2) is 19.7 Å². The summed E-state index contributed by atoms with van der Waals surface area (Å²) in [4.78, 5) is 53.7. The highest BCUT2D eigenvalue weighted by atomic mass is 79.9. The van der Waals surface area contributed by atoms with E-state index in [1.165, 1.54) is 13.4 Å². The molecule has 4 aromatic rings. The number of esters is 1. The number of ether oxygens (including phenoxy) is 1. The number of hydrogen-bond donors (Lipinski definition) is 2. The topological polar surface area (TPSA) is 145 Å². The van der Waals surface area contributed by atoms with Crippen LogP contribution < -0.4 is 11.1 Å². The van der Waals surface area contributed by atoms with E-state index in [1.807, 2.05) is 13.8 Å². The zero-order valence-corrected chi connectivity index (χ0v) is 22.6. The highest BCUT2D eigenvalue weighted by Crippen LogP contribution is 2.34. The number of amides is 2.